The van der Waals surface area contributed by atoms with Gasteiger partial charge in [0.1, 0.15) is 5.76 Å². The Balaban J connectivity index is 2.45. The van der Waals surface area contributed by atoms with Crippen LogP contribution >= 0.6 is 0 Å². The molecule has 1 aliphatic carbocycles. The molecule has 14 heavy (non-hydrogen) atoms. The molecular formula is C13H22O. The standard InChI is InChI=1S/C13H22O/c1-5-7-11(2)14-12-8-6-9-13(3,4)10-12/h8H,2,5-7,9-10H2,1,3-4H3. The first kappa shape index (κ1) is 11.4. The van der Waals surface area contributed by atoms with E-state index in [4.69, 9.17) is 4.74 Å². The van der Waals surface area contributed by atoms with Crippen molar-refractivity contribution in [1.82, 2.24) is 0 Å². The van der Waals surface area contributed by atoms with Gasteiger partial charge in [-0.2, -0.15) is 0 Å². The summed E-state index contributed by atoms with van der Waals surface area (Å²) in [5.74, 6) is 2.04. The van der Waals surface area contributed by atoms with Crippen LogP contribution in [0.5, 0.6) is 0 Å². The maximum absolute atomic E-state index is 5.73. The number of hydrogen-bond donors (Lipinski definition) is 0. The molecule has 0 aromatic carbocycles. The van der Waals surface area contributed by atoms with E-state index < -0.39 is 0 Å². The minimum absolute atomic E-state index is 0.399. The van der Waals surface area contributed by atoms with Crippen molar-refractivity contribution in [1.29, 1.82) is 0 Å². The highest BCUT2D eigenvalue weighted by Crippen LogP contribution is 2.36. The zero-order valence-electron chi connectivity index (χ0n) is 9.73. The van der Waals surface area contributed by atoms with Crippen molar-refractivity contribution in [2.75, 3.05) is 0 Å². The molecule has 0 saturated carbocycles. The lowest BCUT2D eigenvalue weighted by atomic mass is 9.80. The van der Waals surface area contributed by atoms with Crippen molar-refractivity contribution in [2.45, 2.75) is 52.9 Å². The third-order valence-corrected chi connectivity index (χ3v) is 2.65. The second kappa shape index (κ2) is 4.68. The van der Waals surface area contributed by atoms with Gasteiger partial charge in [-0.1, -0.05) is 27.4 Å². The first-order valence-electron chi connectivity index (χ1n) is 5.58. The molecule has 1 rings (SSSR count). The highest BCUT2D eigenvalue weighted by Gasteiger charge is 2.23. The minimum Gasteiger partial charge on any atom is -0.467 e. The summed E-state index contributed by atoms with van der Waals surface area (Å²) in [5.41, 5.74) is 0.399. The Bertz CT molecular complexity index is 236. The molecular weight excluding hydrogens is 172 g/mol. The number of allylic oxidation sites excluding steroid dienone is 3. The van der Waals surface area contributed by atoms with Gasteiger partial charge in [-0.15, -0.1) is 0 Å². The maximum atomic E-state index is 5.73. The number of ether oxygens (including phenoxy) is 1. The molecule has 1 nitrogen and oxygen atoms in total. The van der Waals surface area contributed by atoms with Gasteiger partial charge in [0.25, 0.3) is 0 Å². The molecule has 0 unspecified atom stereocenters. The molecule has 0 amide bonds. The van der Waals surface area contributed by atoms with Gasteiger partial charge in [-0.25, -0.2) is 0 Å². The molecule has 1 heteroatoms. The molecule has 0 spiro atoms. The average Bonchev–Trinajstić information content (AvgIpc) is 2.02. The van der Waals surface area contributed by atoms with E-state index in [0.717, 1.165) is 37.2 Å². The lowest BCUT2D eigenvalue weighted by Gasteiger charge is -2.29. The number of hydrogen-bond acceptors (Lipinski definition) is 1. The van der Waals surface area contributed by atoms with Crippen LogP contribution in [0.3, 0.4) is 0 Å². The predicted octanol–water partition coefficient (Wildman–Crippen LogP) is 4.41. The average molecular weight is 194 g/mol. The largest absolute Gasteiger partial charge is 0.467 e. The van der Waals surface area contributed by atoms with Crippen molar-refractivity contribution in [3.05, 3.63) is 24.2 Å². The first-order chi connectivity index (χ1) is 6.53. The smallest absolute Gasteiger partial charge is 0.100 e. The summed E-state index contributed by atoms with van der Waals surface area (Å²) in [6.45, 7) is 10.7. The Hall–Kier alpha value is -0.720. The van der Waals surface area contributed by atoms with Crippen LogP contribution in [0.2, 0.25) is 0 Å². The van der Waals surface area contributed by atoms with Crippen LogP contribution in [0.15, 0.2) is 24.2 Å². The van der Waals surface area contributed by atoms with Crippen LogP contribution in [0.4, 0.5) is 0 Å². The van der Waals surface area contributed by atoms with Crippen molar-refractivity contribution in [3.8, 4) is 0 Å². The summed E-state index contributed by atoms with van der Waals surface area (Å²) in [7, 11) is 0. The third kappa shape index (κ3) is 3.57. The maximum Gasteiger partial charge on any atom is 0.100 e. The predicted molar refractivity (Wildman–Crippen MR) is 60.8 cm³/mol. The summed E-state index contributed by atoms with van der Waals surface area (Å²) in [4.78, 5) is 0. The molecule has 0 saturated heterocycles. The zero-order valence-corrected chi connectivity index (χ0v) is 9.73. The molecule has 0 bridgehead atoms. The van der Waals surface area contributed by atoms with Crippen LogP contribution in [-0.4, -0.2) is 0 Å². The molecule has 1 aliphatic rings. The van der Waals surface area contributed by atoms with Gasteiger partial charge in [0.05, 0.1) is 5.76 Å². The molecule has 0 aliphatic heterocycles. The van der Waals surface area contributed by atoms with Crippen LogP contribution < -0.4 is 0 Å². The highest BCUT2D eigenvalue weighted by molar-refractivity contribution is 5.05. The van der Waals surface area contributed by atoms with E-state index in [9.17, 15) is 0 Å². The lowest BCUT2D eigenvalue weighted by molar-refractivity contribution is 0.206. The molecule has 0 N–H and O–H groups in total. The Morgan fingerprint density at radius 2 is 2.29 bits per heavy atom. The monoisotopic (exact) mass is 194 g/mol. The Kier molecular flexibility index (Phi) is 3.79. The Morgan fingerprint density at radius 1 is 1.57 bits per heavy atom. The van der Waals surface area contributed by atoms with E-state index in [2.05, 4.69) is 33.4 Å². The summed E-state index contributed by atoms with van der Waals surface area (Å²) in [6, 6.07) is 0. The quantitative estimate of drug-likeness (QED) is 0.602. The van der Waals surface area contributed by atoms with E-state index >= 15 is 0 Å². The van der Waals surface area contributed by atoms with Gasteiger partial charge in [0, 0.05) is 12.8 Å². The van der Waals surface area contributed by atoms with Gasteiger partial charge in [0.2, 0.25) is 0 Å². The molecule has 0 radical (unpaired) electrons. The normalized spacial score (nSPS) is 20.1. The molecule has 0 atom stereocenters. The van der Waals surface area contributed by atoms with E-state index in [1.54, 1.807) is 0 Å². The summed E-state index contributed by atoms with van der Waals surface area (Å²) >= 11 is 0. The molecule has 0 fully saturated rings. The zero-order chi connectivity index (χ0) is 10.6. The second-order valence-corrected chi connectivity index (χ2v) is 4.94. The lowest BCUT2D eigenvalue weighted by Crippen LogP contribution is -2.16. The Labute approximate surface area is 87.8 Å². The summed E-state index contributed by atoms with van der Waals surface area (Å²) < 4.78 is 5.73. The molecule has 0 aromatic rings. The minimum atomic E-state index is 0.399. The van der Waals surface area contributed by atoms with Gasteiger partial charge >= 0.3 is 0 Å². The van der Waals surface area contributed by atoms with Gasteiger partial charge in [0.15, 0.2) is 0 Å². The summed E-state index contributed by atoms with van der Waals surface area (Å²) in [6.07, 6.45) is 7.75. The van der Waals surface area contributed by atoms with Crippen LogP contribution in [0, 0.1) is 5.41 Å². The first-order valence-corrected chi connectivity index (χ1v) is 5.58. The van der Waals surface area contributed by atoms with Crippen molar-refractivity contribution in [3.63, 3.8) is 0 Å². The van der Waals surface area contributed by atoms with Crippen LogP contribution in [0.25, 0.3) is 0 Å². The fraction of sp³-hybridized carbons (Fsp3) is 0.692. The topological polar surface area (TPSA) is 9.23 Å². The van der Waals surface area contributed by atoms with Gasteiger partial charge in [-0.3, -0.25) is 0 Å². The molecule has 0 heterocycles. The Morgan fingerprint density at radius 3 is 2.86 bits per heavy atom. The van der Waals surface area contributed by atoms with E-state index in [0.29, 0.717) is 5.41 Å². The van der Waals surface area contributed by atoms with E-state index in [1.807, 2.05) is 0 Å². The fourth-order valence-electron chi connectivity index (χ4n) is 1.85. The van der Waals surface area contributed by atoms with Crippen molar-refractivity contribution in [2.24, 2.45) is 5.41 Å². The summed E-state index contributed by atoms with van der Waals surface area (Å²) in [5, 5.41) is 0. The van der Waals surface area contributed by atoms with E-state index in [1.165, 1.54) is 6.42 Å². The van der Waals surface area contributed by atoms with Crippen LogP contribution in [0.1, 0.15) is 52.9 Å². The van der Waals surface area contributed by atoms with Gasteiger partial charge in [-0.05, 0) is 30.8 Å². The van der Waals surface area contributed by atoms with Gasteiger partial charge < -0.3 is 4.74 Å². The SMILES string of the molecule is C=C(CCC)OC1=CCCC(C)(C)C1. The van der Waals surface area contributed by atoms with E-state index in [-0.39, 0.29) is 0 Å². The second-order valence-electron chi connectivity index (χ2n) is 4.94. The van der Waals surface area contributed by atoms with Crippen LogP contribution in [-0.2, 0) is 4.74 Å². The number of rotatable bonds is 4. The highest BCUT2D eigenvalue weighted by atomic mass is 16.5. The fourth-order valence-corrected chi connectivity index (χ4v) is 1.85. The van der Waals surface area contributed by atoms with Crippen molar-refractivity contribution >= 4 is 0 Å². The molecule has 0 aromatic heterocycles. The molecule has 80 valence electrons. The third-order valence-electron chi connectivity index (χ3n) is 2.65. The van der Waals surface area contributed by atoms with Crippen molar-refractivity contribution < 1.29 is 4.74 Å².